The second kappa shape index (κ2) is 9.15. The van der Waals surface area contributed by atoms with Crippen molar-refractivity contribution in [2.24, 2.45) is 0 Å². The maximum Gasteiger partial charge on any atom is 0.354 e. The van der Waals surface area contributed by atoms with Gasteiger partial charge in [0.15, 0.2) is 0 Å². The number of hydrogen-bond acceptors (Lipinski definition) is 3. The van der Waals surface area contributed by atoms with Crippen LogP contribution >= 0.6 is 0 Å². The Bertz CT molecular complexity index is 1370. The van der Waals surface area contributed by atoms with E-state index in [1.165, 1.54) is 12.3 Å². The Morgan fingerprint density at radius 2 is 1.66 bits per heavy atom. The van der Waals surface area contributed by atoms with Crippen LogP contribution in [0.5, 0.6) is 0 Å². The molecule has 0 bridgehead atoms. The molecular weight excluding hydrogens is 400 g/mol. The minimum Gasteiger partial charge on any atom is -0.477 e. The van der Waals surface area contributed by atoms with Crippen molar-refractivity contribution in [1.82, 2.24) is 4.98 Å². The van der Waals surface area contributed by atoms with Gasteiger partial charge < -0.3 is 10.0 Å². The van der Waals surface area contributed by atoms with E-state index in [2.05, 4.69) is 41.1 Å². The molecule has 0 saturated carbocycles. The van der Waals surface area contributed by atoms with Crippen LogP contribution < -0.4 is 4.90 Å². The molecule has 4 aromatic rings. The average molecular weight is 420 g/mol. The molecule has 0 fully saturated rings. The van der Waals surface area contributed by atoms with Crippen molar-refractivity contribution in [1.29, 1.82) is 0 Å². The molecule has 0 radical (unpaired) electrons. The molecule has 3 aromatic carbocycles. The summed E-state index contributed by atoms with van der Waals surface area (Å²) in [5.74, 6) is 4.94. The minimum atomic E-state index is -1.08. The van der Waals surface area contributed by atoms with Crippen LogP contribution in [0, 0.1) is 11.8 Å². The number of carboxylic acid groups (broad SMARTS) is 1. The van der Waals surface area contributed by atoms with E-state index >= 15 is 0 Å². The molecule has 5 nitrogen and oxygen atoms in total. The summed E-state index contributed by atoms with van der Waals surface area (Å²) in [4.78, 5) is 29.1. The van der Waals surface area contributed by atoms with Crippen molar-refractivity contribution in [2.45, 2.75) is 13.5 Å². The molecule has 1 aromatic heterocycles. The first-order valence-corrected chi connectivity index (χ1v) is 10.1. The van der Waals surface area contributed by atoms with Crippen molar-refractivity contribution in [3.63, 3.8) is 0 Å². The topological polar surface area (TPSA) is 70.5 Å². The molecule has 0 aliphatic carbocycles. The van der Waals surface area contributed by atoms with Crippen molar-refractivity contribution in [3.8, 4) is 11.8 Å². The number of aromatic carboxylic acids is 1. The SMILES string of the molecule is CC(=O)N(Cc1ccc2ccccc2c1)c1ccccc1C#Cc1ccc(C(=O)O)nc1. The third kappa shape index (κ3) is 4.66. The number of aromatic nitrogens is 1. The average Bonchev–Trinajstić information content (AvgIpc) is 2.81. The van der Waals surface area contributed by atoms with Crippen molar-refractivity contribution < 1.29 is 14.7 Å². The summed E-state index contributed by atoms with van der Waals surface area (Å²) in [6.45, 7) is 1.97. The van der Waals surface area contributed by atoms with Gasteiger partial charge in [-0.25, -0.2) is 9.78 Å². The molecule has 0 aliphatic heterocycles. The van der Waals surface area contributed by atoms with Gasteiger partial charge in [0, 0.05) is 24.2 Å². The Balaban J connectivity index is 1.65. The van der Waals surface area contributed by atoms with Crippen LogP contribution in [0.15, 0.2) is 85.1 Å². The van der Waals surface area contributed by atoms with E-state index in [4.69, 9.17) is 5.11 Å². The van der Waals surface area contributed by atoms with Crippen LogP contribution in [-0.2, 0) is 11.3 Å². The van der Waals surface area contributed by atoms with E-state index in [1.807, 2.05) is 42.5 Å². The van der Waals surface area contributed by atoms with Gasteiger partial charge in [-0.1, -0.05) is 60.4 Å². The Labute approximate surface area is 186 Å². The summed E-state index contributed by atoms with van der Waals surface area (Å²) >= 11 is 0. The summed E-state index contributed by atoms with van der Waals surface area (Å²) in [5.41, 5.74) is 3.00. The highest BCUT2D eigenvalue weighted by molar-refractivity contribution is 5.93. The van der Waals surface area contributed by atoms with E-state index in [1.54, 1.807) is 17.9 Å². The van der Waals surface area contributed by atoms with Crippen LogP contribution in [0.25, 0.3) is 10.8 Å². The zero-order valence-corrected chi connectivity index (χ0v) is 17.4. The number of carbonyl (C=O) groups is 2. The van der Waals surface area contributed by atoms with Crippen molar-refractivity contribution >= 4 is 28.3 Å². The summed E-state index contributed by atoms with van der Waals surface area (Å²) in [7, 11) is 0. The number of fused-ring (bicyclic) bond motifs is 1. The number of anilines is 1. The largest absolute Gasteiger partial charge is 0.477 e. The van der Waals surface area contributed by atoms with Crippen molar-refractivity contribution in [2.75, 3.05) is 4.90 Å². The highest BCUT2D eigenvalue weighted by Crippen LogP contribution is 2.24. The predicted octanol–water partition coefficient (Wildman–Crippen LogP) is 4.89. The second-order valence-corrected chi connectivity index (χ2v) is 7.29. The van der Waals surface area contributed by atoms with E-state index < -0.39 is 5.97 Å². The predicted molar refractivity (Wildman–Crippen MR) is 124 cm³/mol. The van der Waals surface area contributed by atoms with Gasteiger partial charge in [0.05, 0.1) is 12.2 Å². The first-order valence-electron chi connectivity index (χ1n) is 10.1. The number of rotatable bonds is 4. The van der Waals surface area contributed by atoms with Crippen LogP contribution in [0.2, 0.25) is 0 Å². The number of nitrogens with zero attached hydrogens (tertiary/aromatic N) is 2. The first kappa shape index (κ1) is 20.8. The molecule has 0 atom stereocenters. The number of amides is 1. The molecule has 4 rings (SSSR count). The lowest BCUT2D eigenvalue weighted by Gasteiger charge is -2.23. The first-order chi connectivity index (χ1) is 15.5. The molecule has 1 N–H and O–H groups in total. The van der Waals surface area contributed by atoms with Gasteiger partial charge in [-0.15, -0.1) is 0 Å². The number of carbonyl (C=O) groups excluding carboxylic acids is 1. The van der Waals surface area contributed by atoms with Gasteiger partial charge in [-0.05, 0) is 46.7 Å². The zero-order chi connectivity index (χ0) is 22.5. The van der Waals surface area contributed by atoms with Crippen LogP contribution in [-0.4, -0.2) is 22.0 Å². The maximum atomic E-state index is 12.6. The van der Waals surface area contributed by atoms with Gasteiger partial charge in [0.2, 0.25) is 5.91 Å². The summed E-state index contributed by atoms with van der Waals surface area (Å²) in [6.07, 6.45) is 1.43. The van der Waals surface area contributed by atoms with Gasteiger partial charge in [0.1, 0.15) is 5.69 Å². The van der Waals surface area contributed by atoms with E-state index in [0.29, 0.717) is 17.7 Å². The highest BCUT2D eigenvalue weighted by Gasteiger charge is 2.15. The second-order valence-electron chi connectivity index (χ2n) is 7.29. The molecule has 1 amide bonds. The standard InChI is InChI=1S/C27H20N2O3/c1-19(30)29(18-21-11-13-22-6-2-3-8-24(22)16-21)26-9-5-4-7-23(26)14-10-20-12-15-25(27(31)32)28-17-20/h2-9,11-13,15-17H,18H2,1H3,(H,31,32). The Hall–Kier alpha value is -4.43. The summed E-state index contributed by atoms with van der Waals surface area (Å²) in [5, 5.41) is 11.3. The molecule has 156 valence electrons. The smallest absolute Gasteiger partial charge is 0.354 e. The lowest BCUT2D eigenvalue weighted by molar-refractivity contribution is -0.116. The van der Waals surface area contributed by atoms with E-state index in [9.17, 15) is 9.59 Å². The zero-order valence-electron chi connectivity index (χ0n) is 17.4. The summed E-state index contributed by atoms with van der Waals surface area (Å²) in [6, 6.07) is 24.8. The Morgan fingerprint density at radius 3 is 2.38 bits per heavy atom. The number of pyridine rings is 1. The molecular formula is C27H20N2O3. The van der Waals surface area contributed by atoms with Crippen molar-refractivity contribution in [3.05, 3.63) is 107 Å². The number of hydrogen-bond donors (Lipinski definition) is 1. The fourth-order valence-corrected chi connectivity index (χ4v) is 3.43. The normalized spacial score (nSPS) is 10.3. The van der Waals surface area contributed by atoms with E-state index in [-0.39, 0.29) is 11.6 Å². The number of para-hydroxylation sites is 1. The van der Waals surface area contributed by atoms with Gasteiger partial charge in [-0.3, -0.25) is 4.79 Å². The lowest BCUT2D eigenvalue weighted by atomic mass is 10.1. The van der Waals surface area contributed by atoms with Gasteiger partial charge in [0.25, 0.3) is 0 Å². The molecule has 0 unspecified atom stereocenters. The molecule has 1 heterocycles. The van der Waals surface area contributed by atoms with Gasteiger partial charge >= 0.3 is 5.97 Å². The monoisotopic (exact) mass is 420 g/mol. The highest BCUT2D eigenvalue weighted by atomic mass is 16.4. The lowest BCUT2D eigenvalue weighted by Crippen LogP contribution is -2.28. The molecule has 32 heavy (non-hydrogen) atoms. The number of carboxylic acids is 1. The van der Waals surface area contributed by atoms with E-state index in [0.717, 1.165) is 22.0 Å². The minimum absolute atomic E-state index is 0.0333. The molecule has 0 saturated heterocycles. The third-order valence-corrected chi connectivity index (χ3v) is 5.05. The third-order valence-electron chi connectivity index (χ3n) is 5.05. The fourth-order valence-electron chi connectivity index (χ4n) is 3.43. The molecule has 0 spiro atoms. The summed E-state index contributed by atoms with van der Waals surface area (Å²) < 4.78 is 0. The molecule has 5 heteroatoms. The maximum absolute atomic E-state index is 12.6. The van der Waals surface area contributed by atoms with Crippen LogP contribution in [0.1, 0.15) is 34.1 Å². The Kier molecular flexibility index (Phi) is 5.96. The Morgan fingerprint density at radius 1 is 0.906 bits per heavy atom. The molecule has 0 aliphatic rings. The van der Waals surface area contributed by atoms with Gasteiger partial charge in [-0.2, -0.15) is 0 Å². The fraction of sp³-hybridized carbons (Fsp3) is 0.0741. The number of benzene rings is 3. The quantitative estimate of drug-likeness (QED) is 0.478. The van der Waals surface area contributed by atoms with Crippen LogP contribution in [0.3, 0.4) is 0 Å². The van der Waals surface area contributed by atoms with Crippen LogP contribution in [0.4, 0.5) is 5.69 Å².